The van der Waals surface area contributed by atoms with Crippen LogP contribution in [-0.2, 0) is 12.8 Å². The summed E-state index contributed by atoms with van der Waals surface area (Å²) < 4.78 is 0. The minimum absolute atomic E-state index is 0.238. The van der Waals surface area contributed by atoms with Gasteiger partial charge in [0.25, 0.3) is 0 Å². The fourth-order valence-corrected chi connectivity index (χ4v) is 3.14. The number of hydrogen-bond acceptors (Lipinski definition) is 5. The first-order chi connectivity index (χ1) is 10.1. The number of aromatic nitrogens is 2. The summed E-state index contributed by atoms with van der Waals surface area (Å²) in [6.45, 7) is 8.02. The number of hydrogen-bond donors (Lipinski definition) is 1. The lowest BCUT2D eigenvalue weighted by molar-refractivity contribution is 0.353. The number of anilines is 1. The van der Waals surface area contributed by atoms with Crippen LogP contribution in [0.25, 0.3) is 0 Å². The molecule has 1 aliphatic heterocycles. The molecule has 0 bridgehead atoms. The molecule has 0 aliphatic carbocycles. The van der Waals surface area contributed by atoms with Gasteiger partial charge in [-0.15, -0.1) is 5.10 Å². The van der Waals surface area contributed by atoms with E-state index in [2.05, 4.69) is 41.9 Å². The van der Waals surface area contributed by atoms with Gasteiger partial charge in [0.1, 0.15) is 11.6 Å². The van der Waals surface area contributed by atoms with E-state index in [1.165, 1.54) is 0 Å². The van der Waals surface area contributed by atoms with Crippen LogP contribution in [0.5, 0.6) is 0 Å². The Morgan fingerprint density at radius 3 is 2.43 bits per heavy atom. The molecule has 0 radical (unpaired) electrons. The molecule has 1 atom stereocenters. The summed E-state index contributed by atoms with van der Waals surface area (Å²) in [5.74, 6) is 1.33. The molecule has 2 N–H and O–H groups in total. The van der Waals surface area contributed by atoms with E-state index in [1.54, 1.807) is 0 Å². The summed E-state index contributed by atoms with van der Waals surface area (Å²) >= 11 is 0. The quantitative estimate of drug-likeness (QED) is 0.916. The molecule has 0 spiro atoms. The Balaban J connectivity index is 2.27. The van der Waals surface area contributed by atoms with Gasteiger partial charge in [-0.2, -0.15) is 10.4 Å². The molecule has 1 unspecified atom stereocenters. The average Bonchev–Trinajstić information content (AvgIpc) is 2.53. The molecule has 114 valence electrons. The first-order valence-electron chi connectivity index (χ1n) is 7.91. The average molecular weight is 287 g/mol. The van der Waals surface area contributed by atoms with Crippen molar-refractivity contribution >= 4 is 5.82 Å². The smallest absolute Gasteiger partial charge is 0.169 e. The summed E-state index contributed by atoms with van der Waals surface area (Å²) in [5.41, 5.74) is 8.71. The second kappa shape index (κ2) is 6.86. The summed E-state index contributed by atoms with van der Waals surface area (Å²) in [6.07, 6.45) is 3.76. The Hall–Kier alpha value is -1.67. The van der Waals surface area contributed by atoms with Gasteiger partial charge in [-0.1, -0.05) is 13.8 Å². The largest absolute Gasteiger partial charge is 0.354 e. The maximum Gasteiger partial charge on any atom is 0.169 e. The highest BCUT2D eigenvalue weighted by molar-refractivity contribution is 5.58. The summed E-state index contributed by atoms with van der Waals surface area (Å²) in [7, 11) is 0. The molecular formula is C16H25N5. The molecule has 0 saturated carbocycles. The highest BCUT2D eigenvalue weighted by Crippen LogP contribution is 2.28. The summed E-state index contributed by atoms with van der Waals surface area (Å²) in [6, 6.07) is 2.59. The van der Waals surface area contributed by atoms with Gasteiger partial charge in [0.05, 0.1) is 5.69 Å². The van der Waals surface area contributed by atoms with Gasteiger partial charge in [0.15, 0.2) is 5.82 Å². The van der Waals surface area contributed by atoms with Crippen molar-refractivity contribution in [3.63, 3.8) is 0 Å². The molecule has 2 rings (SSSR count). The highest BCUT2D eigenvalue weighted by atomic mass is 15.3. The predicted octanol–water partition coefficient (Wildman–Crippen LogP) is 2.04. The van der Waals surface area contributed by atoms with Crippen LogP contribution in [0.3, 0.4) is 0 Å². The van der Waals surface area contributed by atoms with Crippen LogP contribution in [0.2, 0.25) is 0 Å². The van der Waals surface area contributed by atoms with E-state index < -0.39 is 0 Å². The molecule has 1 aromatic rings. The molecule has 2 heterocycles. The van der Waals surface area contributed by atoms with E-state index in [0.29, 0.717) is 11.5 Å². The fourth-order valence-electron chi connectivity index (χ4n) is 3.14. The van der Waals surface area contributed by atoms with Gasteiger partial charge in [-0.25, -0.2) is 0 Å². The van der Waals surface area contributed by atoms with Crippen LogP contribution in [0.4, 0.5) is 5.82 Å². The normalized spacial score (nSPS) is 17.6. The van der Waals surface area contributed by atoms with Crippen molar-refractivity contribution in [1.82, 2.24) is 10.2 Å². The third-order valence-corrected chi connectivity index (χ3v) is 4.52. The monoisotopic (exact) mass is 287 g/mol. The zero-order chi connectivity index (χ0) is 15.4. The molecule has 21 heavy (non-hydrogen) atoms. The minimum Gasteiger partial charge on any atom is -0.354 e. The van der Waals surface area contributed by atoms with E-state index in [0.717, 1.165) is 55.8 Å². The first kappa shape index (κ1) is 15.7. The molecule has 5 nitrogen and oxygen atoms in total. The van der Waals surface area contributed by atoms with Crippen molar-refractivity contribution in [2.24, 2.45) is 11.7 Å². The van der Waals surface area contributed by atoms with Gasteiger partial charge in [0, 0.05) is 19.1 Å². The van der Waals surface area contributed by atoms with Gasteiger partial charge in [-0.05, 0) is 44.1 Å². The van der Waals surface area contributed by atoms with Crippen molar-refractivity contribution in [2.75, 3.05) is 18.0 Å². The maximum atomic E-state index is 9.56. The number of piperidine rings is 1. The molecule has 1 fully saturated rings. The molecule has 1 aromatic heterocycles. The Morgan fingerprint density at radius 1 is 1.29 bits per heavy atom. The second-order valence-corrected chi connectivity index (χ2v) is 5.83. The van der Waals surface area contributed by atoms with Crippen molar-refractivity contribution < 1.29 is 0 Å². The lowest BCUT2D eigenvalue weighted by Crippen LogP contribution is -2.40. The third kappa shape index (κ3) is 3.16. The van der Waals surface area contributed by atoms with Crippen LogP contribution in [0.1, 0.15) is 50.4 Å². The number of nitrogens with zero attached hydrogens (tertiary/aromatic N) is 4. The summed E-state index contributed by atoms with van der Waals surface area (Å²) in [4.78, 5) is 2.20. The van der Waals surface area contributed by atoms with E-state index in [-0.39, 0.29) is 6.04 Å². The maximum absolute atomic E-state index is 9.56. The molecule has 5 heteroatoms. The third-order valence-electron chi connectivity index (χ3n) is 4.52. The van der Waals surface area contributed by atoms with Crippen molar-refractivity contribution in [3.8, 4) is 6.07 Å². The molecular weight excluding hydrogens is 262 g/mol. The first-order valence-corrected chi connectivity index (χ1v) is 7.91. The van der Waals surface area contributed by atoms with E-state index >= 15 is 0 Å². The SMILES string of the molecule is CCc1nnc(N2CCC(C(C)N)CC2)c(C#N)c1CC. The highest BCUT2D eigenvalue weighted by Gasteiger charge is 2.26. The Kier molecular flexibility index (Phi) is 5.13. The Labute approximate surface area is 127 Å². The fraction of sp³-hybridized carbons (Fsp3) is 0.688. The topological polar surface area (TPSA) is 78.8 Å². The van der Waals surface area contributed by atoms with Crippen molar-refractivity contribution in [2.45, 2.75) is 52.5 Å². The minimum atomic E-state index is 0.238. The Bertz CT molecular complexity index is 524. The second-order valence-electron chi connectivity index (χ2n) is 5.83. The number of nitriles is 1. The van der Waals surface area contributed by atoms with Crippen molar-refractivity contribution in [1.29, 1.82) is 5.26 Å². The zero-order valence-corrected chi connectivity index (χ0v) is 13.3. The number of aryl methyl sites for hydroxylation is 1. The summed E-state index contributed by atoms with van der Waals surface area (Å²) in [5, 5.41) is 18.2. The molecule has 0 amide bonds. The standard InChI is InChI=1S/C16H25N5/c1-4-13-14(10-17)16(20-19-15(13)5-2)21-8-6-12(7-9-21)11(3)18/h11-12H,4-9,18H2,1-3H3. The number of rotatable bonds is 4. The zero-order valence-electron chi connectivity index (χ0n) is 13.3. The van der Waals surface area contributed by atoms with E-state index in [1.807, 2.05) is 0 Å². The van der Waals surface area contributed by atoms with Crippen LogP contribution in [-0.4, -0.2) is 29.3 Å². The van der Waals surface area contributed by atoms with Gasteiger partial charge in [0.2, 0.25) is 0 Å². The van der Waals surface area contributed by atoms with Crippen LogP contribution >= 0.6 is 0 Å². The van der Waals surface area contributed by atoms with Crippen LogP contribution in [0, 0.1) is 17.2 Å². The molecule has 1 aliphatic rings. The van der Waals surface area contributed by atoms with Crippen LogP contribution < -0.4 is 10.6 Å². The van der Waals surface area contributed by atoms with Crippen molar-refractivity contribution in [3.05, 3.63) is 16.8 Å². The lowest BCUT2D eigenvalue weighted by atomic mass is 9.90. The Morgan fingerprint density at radius 2 is 1.95 bits per heavy atom. The van der Waals surface area contributed by atoms with Crippen LogP contribution in [0.15, 0.2) is 0 Å². The van der Waals surface area contributed by atoms with E-state index in [9.17, 15) is 5.26 Å². The lowest BCUT2D eigenvalue weighted by Gasteiger charge is -2.34. The van der Waals surface area contributed by atoms with E-state index in [4.69, 9.17) is 5.73 Å². The molecule has 0 aromatic carbocycles. The van der Waals surface area contributed by atoms with Gasteiger partial charge < -0.3 is 10.6 Å². The molecule has 1 saturated heterocycles. The van der Waals surface area contributed by atoms with Gasteiger partial charge in [-0.3, -0.25) is 0 Å². The van der Waals surface area contributed by atoms with Gasteiger partial charge >= 0.3 is 0 Å². The number of nitrogens with two attached hydrogens (primary N) is 1. The predicted molar refractivity (Wildman–Crippen MR) is 84.1 cm³/mol.